The highest BCUT2D eigenvalue weighted by Crippen LogP contribution is 2.05. The first-order valence-corrected chi connectivity index (χ1v) is 4.57. The molecule has 14 heavy (non-hydrogen) atoms. The molecule has 66 valence electrons. The Kier molecular flexibility index (Phi) is 2.77. The number of hydrogen-bond donors (Lipinski definition) is 0. The third kappa shape index (κ3) is 2.33. The Morgan fingerprint density at radius 1 is 0.714 bits per heavy atom. The van der Waals surface area contributed by atoms with E-state index in [2.05, 4.69) is 12.1 Å². The van der Waals surface area contributed by atoms with E-state index < -0.39 is 0 Å². The zero-order valence-electron chi connectivity index (χ0n) is 7.77. The molecule has 0 amide bonds. The van der Waals surface area contributed by atoms with Gasteiger partial charge < -0.3 is 0 Å². The molecule has 2 radical (unpaired) electrons. The highest BCUT2D eigenvalue weighted by Gasteiger charge is 1.85. The van der Waals surface area contributed by atoms with E-state index in [4.69, 9.17) is 0 Å². The number of rotatable bonds is 2. The second-order valence-electron chi connectivity index (χ2n) is 2.97. The fourth-order valence-corrected chi connectivity index (χ4v) is 1.20. The SMILES string of the molecule is [c]1ccccc1C=Cc1[c]cccc1. The van der Waals surface area contributed by atoms with Gasteiger partial charge in [0.25, 0.3) is 0 Å². The lowest BCUT2D eigenvalue weighted by Crippen LogP contribution is -1.71. The maximum absolute atomic E-state index is 3.14. The van der Waals surface area contributed by atoms with Crippen molar-refractivity contribution in [2.45, 2.75) is 0 Å². The van der Waals surface area contributed by atoms with E-state index in [9.17, 15) is 0 Å². The molecule has 2 aromatic rings. The Morgan fingerprint density at radius 2 is 1.21 bits per heavy atom. The zero-order valence-corrected chi connectivity index (χ0v) is 7.77. The zero-order chi connectivity index (χ0) is 9.64. The normalized spacial score (nSPS) is 10.6. The predicted molar refractivity (Wildman–Crippen MR) is 59.5 cm³/mol. The van der Waals surface area contributed by atoms with E-state index in [-0.39, 0.29) is 0 Å². The maximum atomic E-state index is 3.14. The Labute approximate surface area is 84.5 Å². The smallest absolute Gasteiger partial charge is 0.0105 e. The summed E-state index contributed by atoms with van der Waals surface area (Å²) in [6.07, 6.45) is 4.07. The molecule has 0 saturated heterocycles. The molecule has 0 N–H and O–H groups in total. The van der Waals surface area contributed by atoms with E-state index in [0.717, 1.165) is 11.1 Å². The van der Waals surface area contributed by atoms with Gasteiger partial charge in [0.15, 0.2) is 0 Å². The molecule has 2 aromatic carbocycles. The highest BCUT2D eigenvalue weighted by atomic mass is 13.9. The molecule has 0 atom stereocenters. The van der Waals surface area contributed by atoms with Crippen LogP contribution in [0.5, 0.6) is 0 Å². The quantitative estimate of drug-likeness (QED) is 0.618. The summed E-state index contributed by atoms with van der Waals surface area (Å²) in [5.41, 5.74) is 2.18. The van der Waals surface area contributed by atoms with Gasteiger partial charge in [-0.15, -0.1) is 0 Å². The molecule has 0 spiro atoms. The largest absolute Gasteiger partial charge is 0.0616 e. The van der Waals surface area contributed by atoms with Crippen molar-refractivity contribution in [3.63, 3.8) is 0 Å². The Bertz CT molecular complexity index is 357. The minimum absolute atomic E-state index is 1.09. The van der Waals surface area contributed by atoms with Crippen LogP contribution in [0, 0.1) is 12.1 Å². The van der Waals surface area contributed by atoms with Crippen molar-refractivity contribution in [1.29, 1.82) is 0 Å². The van der Waals surface area contributed by atoms with Crippen LogP contribution in [-0.4, -0.2) is 0 Å². The van der Waals surface area contributed by atoms with Crippen molar-refractivity contribution in [3.05, 3.63) is 71.8 Å². The minimum Gasteiger partial charge on any atom is -0.0616 e. The van der Waals surface area contributed by atoms with Gasteiger partial charge in [-0.25, -0.2) is 0 Å². The van der Waals surface area contributed by atoms with E-state index >= 15 is 0 Å². The molecule has 0 saturated carbocycles. The summed E-state index contributed by atoms with van der Waals surface area (Å²) >= 11 is 0. The van der Waals surface area contributed by atoms with E-state index in [0.29, 0.717) is 0 Å². The number of benzene rings is 2. The van der Waals surface area contributed by atoms with Gasteiger partial charge in [0.05, 0.1) is 0 Å². The van der Waals surface area contributed by atoms with Crippen LogP contribution < -0.4 is 0 Å². The van der Waals surface area contributed by atoms with Crippen molar-refractivity contribution in [2.24, 2.45) is 0 Å². The van der Waals surface area contributed by atoms with Crippen LogP contribution in [0.15, 0.2) is 48.5 Å². The minimum atomic E-state index is 1.09. The van der Waals surface area contributed by atoms with Crippen LogP contribution in [0.2, 0.25) is 0 Å². The lowest BCUT2D eigenvalue weighted by molar-refractivity contribution is 1.63. The first kappa shape index (κ1) is 8.76. The molecular weight excluding hydrogens is 168 g/mol. The monoisotopic (exact) mass is 178 g/mol. The third-order valence-corrected chi connectivity index (χ3v) is 1.91. The maximum Gasteiger partial charge on any atom is -0.0105 e. The molecule has 0 unspecified atom stereocenters. The van der Waals surface area contributed by atoms with Crippen LogP contribution in [0.4, 0.5) is 0 Å². The van der Waals surface area contributed by atoms with Gasteiger partial charge in [-0.1, -0.05) is 60.7 Å². The fourth-order valence-electron chi connectivity index (χ4n) is 1.20. The van der Waals surface area contributed by atoms with Crippen LogP contribution in [0.1, 0.15) is 11.1 Å². The molecule has 0 fully saturated rings. The summed E-state index contributed by atoms with van der Waals surface area (Å²) in [5, 5.41) is 0. The lowest BCUT2D eigenvalue weighted by Gasteiger charge is -1.91. The summed E-state index contributed by atoms with van der Waals surface area (Å²) in [5.74, 6) is 0. The van der Waals surface area contributed by atoms with Gasteiger partial charge in [0, 0.05) is 0 Å². The predicted octanol–water partition coefficient (Wildman–Crippen LogP) is 3.46. The molecule has 0 aliphatic rings. The molecule has 0 nitrogen and oxygen atoms in total. The van der Waals surface area contributed by atoms with E-state index in [1.54, 1.807) is 0 Å². The van der Waals surface area contributed by atoms with Crippen molar-refractivity contribution < 1.29 is 0 Å². The van der Waals surface area contributed by atoms with Crippen LogP contribution in [0.25, 0.3) is 12.2 Å². The second-order valence-corrected chi connectivity index (χ2v) is 2.97. The topological polar surface area (TPSA) is 0 Å². The van der Waals surface area contributed by atoms with E-state index in [1.165, 1.54) is 0 Å². The van der Waals surface area contributed by atoms with Crippen LogP contribution in [-0.2, 0) is 0 Å². The standard InChI is InChI=1S/C14H10/c1-3-7-13(8-4-1)11-12-14-9-5-2-6-10-14/h1-7,9,11-12H. The van der Waals surface area contributed by atoms with Crippen molar-refractivity contribution in [1.82, 2.24) is 0 Å². The summed E-state index contributed by atoms with van der Waals surface area (Å²) in [7, 11) is 0. The van der Waals surface area contributed by atoms with Gasteiger partial charge in [-0.2, -0.15) is 0 Å². The molecule has 2 rings (SSSR count). The molecule has 0 aromatic heterocycles. The fraction of sp³-hybridized carbons (Fsp3) is 0. The summed E-state index contributed by atoms with van der Waals surface area (Å²) in [4.78, 5) is 0. The summed E-state index contributed by atoms with van der Waals surface area (Å²) in [6, 6.07) is 22.1. The lowest BCUT2D eigenvalue weighted by atomic mass is 10.1. The summed E-state index contributed by atoms with van der Waals surface area (Å²) in [6.45, 7) is 0. The van der Waals surface area contributed by atoms with E-state index in [1.807, 2.05) is 60.7 Å². The average Bonchev–Trinajstić information content (AvgIpc) is 2.29. The molecular formula is C14H10. The average molecular weight is 178 g/mol. The Hall–Kier alpha value is -1.82. The Balaban J connectivity index is 2.16. The molecule has 0 bridgehead atoms. The third-order valence-electron chi connectivity index (χ3n) is 1.91. The number of hydrogen-bond acceptors (Lipinski definition) is 0. The van der Waals surface area contributed by atoms with Crippen molar-refractivity contribution in [2.75, 3.05) is 0 Å². The van der Waals surface area contributed by atoms with Crippen LogP contribution >= 0.6 is 0 Å². The Morgan fingerprint density at radius 3 is 1.57 bits per heavy atom. The second kappa shape index (κ2) is 4.43. The van der Waals surface area contributed by atoms with Gasteiger partial charge in [-0.3, -0.25) is 0 Å². The molecule has 0 heterocycles. The van der Waals surface area contributed by atoms with Crippen molar-refractivity contribution >= 4 is 12.2 Å². The highest BCUT2D eigenvalue weighted by molar-refractivity contribution is 5.68. The van der Waals surface area contributed by atoms with Gasteiger partial charge in [0.1, 0.15) is 0 Å². The molecule has 0 aliphatic carbocycles. The first-order valence-electron chi connectivity index (χ1n) is 4.57. The molecule has 0 aliphatic heterocycles. The van der Waals surface area contributed by atoms with Crippen LogP contribution in [0.3, 0.4) is 0 Å². The van der Waals surface area contributed by atoms with Crippen molar-refractivity contribution in [3.8, 4) is 0 Å². The van der Waals surface area contributed by atoms with Gasteiger partial charge in [-0.05, 0) is 23.3 Å². The van der Waals surface area contributed by atoms with Gasteiger partial charge in [0.2, 0.25) is 0 Å². The summed E-state index contributed by atoms with van der Waals surface area (Å²) < 4.78 is 0. The van der Waals surface area contributed by atoms with Gasteiger partial charge >= 0.3 is 0 Å². The first-order chi connectivity index (χ1) is 6.95. The molecule has 0 heteroatoms.